The molecule has 0 fully saturated rings. The zero-order chi connectivity index (χ0) is 13.0. The van der Waals surface area contributed by atoms with Crippen molar-refractivity contribution in [2.45, 2.75) is 6.54 Å². The molecule has 1 aromatic heterocycles. The zero-order valence-corrected chi connectivity index (χ0v) is 11.3. The Kier molecular flexibility index (Phi) is 4.08. The highest BCUT2D eigenvalue weighted by Gasteiger charge is 2.04. The molecule has 0 unspecified atom stereocenters. The zero-order valence-electron chi connectivity index (χ0n) is 9.74. The number of thiophene rings is 1. The third kappa shape index (κ3) is 2.95. The average molecular weight is 279 g/mol. The summed E-state index contributed by atoms with van der Waals surface area (Å²) >= 11 is 7.55. The van der Waals surface area contributed by atoms with Gasteiger partial charge in [-0.15, -0.1) is 11.3 Å². The third-order valence-electron chi connectivity index (χ3n) is 2.40. The van der Waals surface area contributed by atoms with Crippen LogP contribution < -0.4 is 10.1 Å². The highest BCUT2D eigenvalue weighted by molar-refractivity contribution is 7.12. The molecular weight excluding hydrogens is 268 g/mol. The van der Waals surface area contributed by atoms with Crippen LogP contribution in [0.5, 0.6) is 5.75 Å². The fraction of sp³-hybridized carbons (Fsp3) is 0.154. The Bertz CT molecular complexity index is 589. The smallest absolute Gasteiger partial charge is 0.121 e. The number of nitrogens with one attached hydrogen (secondary N) is 1. The molecule has 1 N–H and O–H groups in total. The molecule has 0 aliphatic carbocycles. The largest absolute Gasteiger partial charge is 0.497 e. The summed E-state index contributed by atoms with van der Waals surface area (Å²) in [5.74, 6) is 0.755. The van der Waals surface area contributed by atoms with Crippen molar-refractivity contribution in [3.05, 3.63) is 45.1 Å². The fourth-order valence-corrected chi connectivity index (χ4v) is 2.41. The number of benzene rings is 1. The summed E-state index contributed by atoms with van der Waals surface area (Å²) in [5.41, 5.74) is 0.822. The van der Waals surface area contributed by atoms with Crippen molar-refractivity contribution in [2.75, 3.05) is 12.4 Å². The van der Waals surface area contributed by atoms with Gasteiger partial charge in [0.2, 0.25) is 0 Å². The number of ether oxygens (including phenoxy) is 1. The van der Waals surface area contributed by atoms with Crippen LogP contribution in [0, 0.1) is 11.3 Å². The Hall–Kier alpha value is -1.70. The first-order valence-corrected chi connectivity index (χ1v) is 6.48. The number of anilines is 1. The molecule has 0 atom stereocenters. The van der Waals surface area contributed by atoms with Crippen LogP contribution in [0.1, 0.15) is 9.75 Å². The van der Waals surface area contributed by atoms with Crippen LogP contribution in [-0.4, -0.2) is 7.11 Å². The van der Waals surface area contributed by atoms with Gasteiger partial charge in [-0.2, -0.15) is 5.26 Å². The van der Waals surface area contributed by atoms with Gasteiger partial charge >= 0.3 is 0 Å². The number of rotatable bonds is 4. The van der Waals surface area contributed by atoms with Crippen molar-refractivity contribution in [1.29, 1.82) is 5.26 Å². The molecule has 2 rings (SSSR count). The Morgan fingerprint density at radius 3 is 2.89 bits per heavy atom. The third-order valence-corrected chi connectivity index (χ3v) is 3.72. The van der Waals surface area contributed by atoms with Crippen molar-refractivity contribution in [1.82, 2.24) is 0 Å². The van der Waals surface area contributed by atoms with Crippen molar-refractivity contribution in [3.8, 4) is 11.8 Å². The summed E-state index contributed by atoms with van der Waals surface area (Å²) in [4.78, 5) is 1.80. The Morgan fingerprint density at radius 2 is 2.22 bits per heavy atom. The van der Waals surface area contributed by atoms with E-state index in [1.807, 2.05) is 24.3 Å². The monoisotopic (exact) mass is 278 g/mol. The molecule has 3 nitrogen and oxygen atoms in total. The minimum Gasteiger partial charge on any atom is -0.497 e. The van der Waals surface area contributed by atoms with E-state index in [-0.39, 0.29) is 0 Å². The quantitative estimate of drug-likeness (QED) is 0.923. The van der Waals surface area contributed by atoms with Gasteiger partial charge in [0.25, 0.3) is 0 Å². The van der Waals surface area contributed by atoms with Crippen molar-refractivity contribution >= 4 is 28.6 Å². The van der Waals surface area contributed by atoms with Crippen LogP contribution in [0.15, 0.2) is 30.3 Å². The molecule has 0 aliphatic rings. The lowest BCUT2D eigenvalue weighted by atomic mass is 10.3. The first-order chi connectivity index (χ1) is 8.72. The lowest BCUT2D eigenvalue weighted by molar-refractivity contribution is 0.415. The Morgan fingerprint density at radius 1 is 1.39 bits per heavy atom. The Balaban J connectivity index is 2.08. The van der Waals surface area contributed by atoms with Gasteiger partial charge in [-0.25, -0.2) is 0 Å². The number of halogens is 1. The van der Waals surface area contributed by atoms with Crippen LogP contribution in [0.25, 0.3) is 0 Å². The maximum Gasteiger partial charge on any atom is 0.121 e. The number of hydrogen-bond donors (Lipinski definition) is 1. The van der Waals surface area contributed by atoms with E-state index < -0.39 is 0 Å². The number of nitriles is 1. The van der Waals surface area contributed by atoms with Crippen LogP contribution in [-0.2, 0) is 6.54 Å². The lowest BCUT2D eigenvalue weighted by Gasteiger charge is -2.09. The van der Waals surface area contributed by atoms with Crippen LogP contribution >= 0.6 is 22.9 Å². The highest BCUT2D eigenvalue weighted by atomic mass is 35.5. The average Bonchev–Trinajstić information content (AvgIpc) is 2.86. The van der Waals surface area contributed by atoms with E-state index in [0.29, 0.717) is 16.4 Å². The summed E-state index contributed by atoms with van der Waals surface area (Å²) in [6, 6.07) is 11.3. The normalized spacial score (nSPS) is 9.83. The molecule has 0 radical (unpaired) electrons. The van der Waals surface area contributed by atoms with Crippen LogP contribution in [0.2, 0.25) is 5.02 Å². The molecule has 1 aromatic carbocycles. The van der Waals surface area contributed by atoms with E-state index in [1.54, 1.807) is 13.2 Å². The Labute approximate surface area is 115 Å². The van der Waals surface area contributed by atoms with Crippen molar-refractivity contribution < 1.29 is 4.74 Å². The SMILES string of the molecule is COc1ccc(Cl)c(NCc2ccc(C#N)s2)c1. The maximum absolute atomic E-state index is 8.75. The molecule has 5 heteroatoms. The second-order valence-electron chi connectivity index (χ2n) is 3.58. The van der Waals surface area contributed by atoms with Crippen LogP contribution in [0.4, 0.5) is 5.69 Å². The molecule has 0 spiro atoms. The summed E-state index contributed by atoms with van der Waals surface area (Å²) in [7, 11) is 1.62. The molecule has 1 heterocycles. The van der Waals surface area contributed by atoms with Gasteiger partial charge in [0.05, 0.1) is 17.8 Å². The van der Waals surface area contributed by atoms with Gasteiger partial charge < -0.3 is 10.1 Å². The van der Waals surface area contributed by atoms with Gasteiger partial charge in [0, 0.05) is 17.5 Å². The van der Waals surface area contributed by atoms with E-state index in [2.05, 4.69) is 11.4 Å². The molecule has 0 saturated heterocycles. The summed E-state index contributed by atoms with van der Waals surface area (Å²) in [5, 5.41) is 12.6. The molecule has 0 saturated carbocycles. The van der Waals surface area contributed by atoms with E-state index in [1.165, 1.54) is 11.3 Å². The number of hydrogen-bond acceptors (Lipinski definition) is 4. The summed E-state index contributed by atoms with van der Waals surface area (Å²) < 4.78 is 5.14. The topological polar surface area (TPSA) is 45.0 Å². The molecule has 0 amide bonds. The van der Waals surface area contributed by atoms with Gasteiger partial charge in [-0.3, -0.25) is 0 Å². The van der Waals surface area contributed by atoms with E-state index in [0.717, 1.165) is 16.3 Å². The summed E-state index contributed by atoms with van der Waals surface area (Å²) in [6.45, 7) is 0.638. The molecular formula is C13H11ClN2OS. The highest BCUT2D eigenvalue weighted by Crippen LogP contribution is 2.27. The fourth-order valence-electron chi connectivity index (χ4n) is 1.48. The van der Waals surface area contributed by atoms with E-state index in [9.17, 15) is 0 Å². The molecule has 92 valence electrons. The van der Waals surface area contributed by atoms with Crippen molar-refractivity contribution in [2.24, 2.45) is 0 Å². The number of nitrogens with zero attached hydrogens (tertiary/aromatic N) is 1. The molecule has 18 heavy (non-hydrogen) atoms. The van der Waals surface area contributed by atoms with Gasteiger partial charge in [-0.1, -0.05) is 11.6 Å². The maximum atomic E-state index is 8.75. The molecule has 0 bridgehead atoms. The van der Waals surface area contributed by atoms with E-state index in [4.69, 9.17) is 21.6 Å². The predicted molar refractivity (Wildman–Crippen MR) is 74.4 cm³/mol. The van der Waals surface area contributed by atoms with Crippen LogP contribution in [0.3, 0.4) is 0 Å². The van der Waals surface area contributed by atoms with Gasteiger partial charge in [-0.05, 0) is 24.3 Å². The molecule has 0 aliphatic heterocycles. The molecule has 2 aromatic rings. The minimum absolute atomic E-state index is 0.638. The minimum atomic E-state index is 0.638. The summed E-state index contributed by atoms with van der Waals surface area (Å²) in [6.07, 6.45) is 0. The van der Waals surface area contributed by atoms with E-state index >= 15 is 0 Å². The standard InChI is InChI=1S/C13H11ClN2OS/c1-17-9-2-5-12(14)13(6-9)16-8-11-4-3-10(7-15)18-11/h2-6,16H,8H2,1H3. The van der Waals surface area contributed by atoms with Gasteiger partial charge in [0.1, 0.15) is 16.7 Å². The first kappa shape index (κ1) is 12.7. The number of methoxy groups -OCH3 is 1. The van der Waals surface area contributed by atoms with Crippen molar-refractivity contribution in [3.63, 3.8) is 0 Å². The second kappa shape index (κ2) is 5.76. The second-order valence-corrected chi connectivity index (χ2v) is 5.15. The lowest BCUT2D eigenvalue weighted by Crippen LogP contribution is -1.98. The first-order valence-electron chi connectivity index (χ1n) is 5.29. The predicted octanol–water partition coefficient (Wildman–Crippen LogP) is 3.89. The van der Waals surface area contributed by atoms with Gasteiger partial charge in [0.15, 0.2) is 0 Å².